The van der Waals surface area contributed by atoms with Crippen LogP contribution in [0.15, 0.2) is 42.5 Å². The lowest BCUT2D eigenvalue weighted by Gasteiger charge is -2.20. The van der Waals surface area contributed by atoms with Gasteiger partial charge in [-0.2, -0.15) is 0 Å². The van der Waals surface area contributed by atoms with Gasteiger partial charge in [0.1, 0.15) is 12.2 Å². The first-order valence-corrected chi connectivity index (χ1v) is 6.34. The van der Waals surface area contributed by atoms with E-state index in [2.05, 4.69) is 0 Å². The van der Waals surface area contributed by atoms with E-state index in [9.17, 15) is 14.7 Å². The maximum atomic E-state index is 11.2. The zero-order valence-electron chi connectivity index (χ0n) is 10.7. The van der Waals surface area contributed by atoms with Crippen molar-refractivity contribution >= 4 is 23.0 Å². The van der Waals surface area contributed by atoms with Crippen LogP contribution in [-0.4, -0.2) is 17.4 Å². The van der Waals surface area contributed by atoms with Gasteiger partial charge in [0, 0.05) is 5.92 Å². The van der Waals surface area contributed by atoms with Crippen molar-refractivity contribution in [3.63, 3.8) is 0 Å². The van der Waals surface area contributed by atoms with Crippen molar-refractivity contribution in [3.05, 3.63) is 48.0 Å². The maximum absolute atomic E-state index is 11.2. The molecule has 0 fully saturated rings. The summed E-state index contributed by atoms with van der Waals surface area (Å²) in [6.07, 6.45) is 1.15. The lowest BCUT2D eigenvalue weighted by atomic mass is 9.82. The average molecular weight is 256 g/mol. The molecule has 2 atom stereocenters. The number of carboxylic acids is 1. The van der Waals surface area contributed by atoms with Crippen molar-refractivity contribution in [1.82, 2.24) is 0 Å². The number of carbonyl (C=O) groups is 2. The fraction of sp³-hybridized carbons (Fsp3) is 0.250. The molecule has 2 aromatic carbocycles. The van der Waals surface area contributed by atoms with E-state index in [-0.39, 0.29) is 5.92 Å². The number of aliphatic carboxylic acids is 1. The van der Waals surface area contributed by atoms with Gasteiger partial charge in [-0.25, -0.2) is 0 Å². The third-order valence-corrected chi connectivity index (χ3v) is 3.53. The van der Waals surface area contributed by atoms with Crippen LogP contribution < -0.4 is 0 Å². The zero-order chi connectivity index (χ0) is 13.8. The average Bonchev–Trinajstić information content (AvgIpc) is 2.43. The van der Waals surface area contributed by atoms with E-state index >= 15 is 0 Å². The lowest BCUT2D eigenvalue weighted by Crippen LogP contribution is -2.23. The van der Waals surface area contributed by atoms with Crippen LogP contribution in [0.1, 0.15) is 24.8 Å². The SMILES string of the molecule is CCC(c1cccc2ccccc12)C(C=O)C(=O)O. The Labute approximate surface area is 111 Å². The standard InChI is InChI=1S/C16H16O3/c1-2-12(15(10-17)16(18)19)14-9-5-7-11-6-3-4-8-13(11)14/h3-10,12,15H,2H2,1H3,(H,18,19). The molecular formula is C16H16O3. The molecule has 0 saturated heterocycles. The summed E-state index contributed by atoms with van der Waals surface area (Å²) < 4.78 is 0. The monoisotopic (exact) mass is 256 g/mol. The van der Waals surface area contributed by atoms with Gasteiger partial charge in [-0.3, -0.25) is 4.79 Å². The van der Waals surface area contributed by atoms with Crippen LogP contribution >= 0.6 is 0 Å². The summed E-state index contributed by atoms with van der Waals surface area (Å²) in [5.41, 5.74) is 0.931. The number of carbonyl (C=O) groups excluding carboxylic acids is 1. The minimum Gasteiger partial charge on any atom is -0.481 e. The molecule has 0 spiro atoms. The normalized spacial score (nSPS) is 13.9. The van der Waals surface area contributed by atoms with Crippen molar-refractivity contribution < 1.29 is 14.7 Å². The summed E-state index contributed by atoms with van der Waals surface area (Å²) in [5, 5.41) is 11.3. The Hall–Kier alpha value is -2.16. The number of rotatable bonds is 5. The first-order chi connectivity index (χ1) is 9.19. The third-order valence-electron chi connectivity index (χ3n) is 3.53. The molecular weight excluding hydrogens is 240 g/mol. The third kappa shape index (κ3) is 2.50. The molecule has 0 aliphatic carbocycles. The van der Waals surface area contributed by atoms with Gasteiger partial charge < -0.3 is 9.90 Å². The second-order valence-electron chi connectivity index (χ2n) is 4.58. The molecule has 3 heteroatoms. The van der Waals surface area contributed by atoms with Crippen molar-refractivity contribution in [2.24, 2.45) is 5.92 Å². The number of carboxylic acid groups (broad SMARTS) is 1. The van der Waals surface area contributed by atoms with Gasteiger partial charge in [-0.15, -0.1) is 0 Å². The quantitative estimate of drug-likeness (QED) is 0.660. The maximum Gasteiger partial charge on any atom is 0.314 e. The largest absolute Gasteiger partial charge is 0.481 e. The van der Waals surface area contributed by atoms with E-state index in [1.54, 1.807) is 0 Å². The summed E-state index contributed by atoms with van der Waals surface area (Å²) in [6.45, 7) is 1.91. The number of aldehydes is 1. The van der Waals surface area contributed by atoms with Gasteiger partial charge in [-0.05, 0) is 22.8 Å². The van der Waals surface area contributed by atoms with Crippen LogP contribution in [-0.2, 0) is 9.59 Å². The van der Waals surface area contributed by atoms with E-state index in [0.717, 1.165) is 16.3 Å². The van der Waals surface area contributed by atoms with Crippen molar-refractivity contribution in [1.29, 1.82) is 0 Å². The number of hydrogen-bond donors (Lipinski definition) is 1. The van der Waals surface area contributed by atoms with E-state index in [1.165, 1.54) is 0 Å². The van der Waals surface area contributed by atoms with E-state index < -0.39 is 11.9 Å². The first-order valence-electron chi connectivity index (χ1n) is 6.34. The molecule has 0 radical (unpaired) electrons. The van der Waals surface area contributed by atoms with Crippen LogP contribution in [0.3, 0.4) is 0 Å². The Morgan fingerprint density at radius 2 is 1.89 bits per heavy atom. The highest BCUT2D eigenvalue weighted by Gasteiger charge is 2.28. The minimum absolute atomic E-state index is 0.291. The molecule has 2 aromatic rings. The van der Waals surface area contributed by atoms with E-state index in [4.69, 9.17) is 0 Å². The molecule has 0 heterocycles. The molecule has 2 unspecified atom stereocenters. The summed E-state index contributed by atoms with van der Waals surface area (Å²) >= 11 is 0. The predicted molar refractivity (Wildman–Crippen MR) is 74.2 cm³/mol. The topological polar surface area (TPSA) is 54.4 Å². The van der Waals surface area contributed by atoms with E-state index in [0.29, 0.717) is 12.7 Å². The second kappa shape index (κ2) is 5.65. The van der Waals surface area contributed by atoms with Gasteiger partial charge in [0.05, 0.1) is 0 Å². The zero-order valence-corrected chi connectivity index (χ0v) is 10.7. The molecule has 0 saturated carbocycles. The Bertz CT molecular complexity index is 598. The van der Waals surface area contributed by atoms with Gasteiger partial charge in [0.25, 0.3) is 0 Å². The fourth-order valence-electron chi connectivity index (χ4n) is 2.57. The molecule has 0 aliphatic rings. The predicted octanol–water partition coefficient (Wildman–Crippen LogP) is 3.23. The Balaban J connectivity index is 2.57. The minimum atomic E-state index is -1.06. The molecule has 1 N–H and O–H groups in total. The number of benzene rings is 2. The summed E-state index contributed by atoms with van der Waals surface area (Å²) in [6, 6.07) is 13.6. The lowest BCUT2D eigenvalue weighted by molar-refractivity contribution is -0.144. The summed E-state index contributed by atoms with van der Waals surface area (Å²) in [4.78, 5) is 22.3. The van der Waals surface area contributed by atoms with Crippen LogP contribution in [0, 0.1) is 5.92 Å². The smallest absolute Gasteiger partial charge is 0.314 e. The Morgan fingerprint density at radius 1 is 1.21 bits per heavy atom. The molecule has 3 nitrogen and oxygen atoms in total. The molecule has 0 aromatic heterocycles. The molecule has 2 rings (SSSR count). The van der Waals surface area contributed by atoms with Gasteiger partial charge >= 0.3 is 5.97 Å². The molecule has 19 heavy (non-hydrogen) atoms. The Morgan fingerprint density at radius 3 is 2.53 bits per heavy atom. The molecule has 0 aliphatic heterocycles. The first kappa shape index (κ1) is 13.3. The Kier molecular flexibility index (Phi) is 3.95. The van der Waals surface area contributed by atoms with Crippen molar-refractivity contribution in [2.75, 3.05) is 0 Å². The van der Waals surface area contributed by atoms with Crippen LogP contribution in [0.5, 0.6) is 0 Å². The van der Waals surface area contributed by atoms with Crippen molar-refractivity contribution in [2.45, 2.75) is 19.3 Å². The van der Waals surface area contributed by atoms with E-state index in [1.807, 2.05) is 49.4 Å². The van der Waals surface area contributed by atoms with Crippen LogP contribution in [0.4, 0.5) is 0 Å². The summed E-state index contributed by atoms with van der Waals surface area (Å²) in [5.74, 6) is -2.34. The van der Waals surface area contributed by atoms with Gasteiger partial charge in [-0.1, -0.05) is 49.4 Å². The molecule has 0 amide bonds. The highest BCUT2D eigenvalue weighted by Crippen LogP contribution is 2.32. The fourth-order valence-corrected chi connectivity index (χ4v) is 2.57. The van der Waals surface area contributed by atoms with Crippen LogP contribution in [0.25, 0.3) is 10.8 Å². The number of hydrogen-bond acceptors (Lipinski definition) is 2. The molecule has 0 bridgehead atoms. The van der Waals surface area contributed by atoms with Gasteiger partial charge in [0.15, 0.2) is 0 Å². The highest BCUT2D eigenvalue weighted by atomic mass is 16.4. The highest BCUT2D eigenvalue weighted by molar-refractivity contribution is 5.91. The summed E-state index contributed by atoms with van der Waals surface area (Å²) in [7, 11) is 0. The molecule has 98 valence electrons. The van der Waals surface area contributed by atoms with Gasteiger partial charge in [0.2, 0.25) is 0 Å². The number of fused-ring (bicyclic) bond motifs is 1. The second-order valence-corrected chi connectivity index (χ2v) is 4.58. The van der Waals surface area contributed by atoms with Crippen LogP contribution in [0.2, 0.25) is 0 Å². The van der Waals surface area contributed by atoms with Crippen molar-refractivity contribution in [3.8, 4) is 0 Å².